The number of carboxylic acid groups (broad SMARTS) is 2. The molecule has 6 rings (SSSR count). The van der Waals surface area contributed by atoms with Gasteiger partial charge in [-0.2, -0.15) is 0 Å². The maximum absolute atomic E-state index is 14.5. The first-order chi connectivity index (χ1) is 31.3. The highest BCUT2D eigenvalue weighted by atomic mass is 31.2. The van der Waals surface area contributed by atoms with E-state index >= 15 is 0 Å². The molecule has 0 aliphatic carbocycles. The van der Waals surface area contributed by atoms with Crippen LogP contribution in [-0.2, 0) is 47.0 Å². The van der Waals surface area contributed by atoms with Crippen molar-refractivity contribution in [3.63, 3.8) is 0 Å². The molecule has 0 radical (unpaired) electrons. The topological polar surface area (TPSA) is 290 Å². The fourth-order valence-electron chi connectivity index (χ4n) is 9.01. The van der Waals surface area contributed by atoms with Crippen molar-refractivity contribution >= 4 is 49.0 Å². The molecule has 20 nitrogen and oxygen atoms in total. The number of carbonyl (C=O) groups is 6. The van der Waals surface area contributed by atoms with Gasteiger partial charge >= 0.3 is 19.8 Å². The van der Waals surface area contributed by atoms with E-state index in [1.165, 1.54) is 43.7 Å². The minimum atomic E-state index is -5.26. The molecule has 4 atom stereocenters. The zero-order chi connectivity index (χ0) is 49.3. The third kappa shape index (κ3) is 11.2. The Morgan fingerprint density at radius 3 is 2.42 bits per heavy atom. The normalized spacial score (nSPS) is 19.4. The van der Waals surface area contributed by atoms with Crippen LogP contribution in [0.5, 0.6) is 11.5 Å². The molecular weight excluding hydrogens is 907 g/mol. The van der Waals surface area contributed by atoms with Crippen molar-refractivity contribution in [2.24, 2.45) is 5.16 Å². The van der Waals surface area contributed by atoms with E-state index in [0.717, 1.165) is 12.1 Å². The Labute approximate surface area is 381 Å². The average molecular weight is 958 g/mol. The average Bonchev–Trinajstić information content (AvgIpc) is 3.53. The van der Waals surface area contributed by atoms with Crippen LogP contribution in [0.25, 0.3) is 0 Å². The largest absolute Gasteiger partial charge is 0.524 e. The number of ether oxygens (including phenoxy) is 1. The number of halogens is 2. The highest BCUT2D eigenvalue weighted by Gasteiger charge is 2.54. The van der Waals surface area contributed by atoms with Gasteiger partial charge in [-0.15, -0.1) is 0 Å². The Morgan fingerprint density at radius 1 is 1.07 bits per heavy atom. The number of nitrogens with zero attached hydrogens (tertiary/aromatic N) is 3. The third-order valence-corrected chi connectivity index (χ3v) is 12.4. The summed E-state index contributed by atoms with van der Waals surface area (Å²) < 4.78 is 52.8. The number of carboxylic acids is 2. The molecule has 0 unspecified atom stereocenters. The lowest BCUT2D eigenvalue weighted by atomic mass is 9.76. The lowest BCUT2D eigenvalue weighted by Crippen LogP contribution is -2.52. The van der Waals surface area contributed by atoms with Crippen molar-refractivity contribution in [2.75, 3.05) is 13.2 Å². The minimum absolute atomic E-state index is 0.0128. The molecule has 23 heteroatoms. The number of hydrogen-bond donors (Lipinski definition) is 6. The van der Waals surface area contributed by atoms with Gasteiger partial charge in [-0.25, -0.2) is 18.1 Å². The Morgan fingerprint density at radius 2 is 1.79 bits per heavy atom. The summed E-state index contributed by atoms with van der Waals surface area (Å²) in [6, 6.07) is 2.66. The molecule has 3 aliphatic rings. The van der Waals surface area contributed by atoms with E-state index in [4.69, 9.17) is 19.2 Å². The summed E-state index contributed by atoms with van der Waals surface area (Å²) in [6.07, 6.45) is 0.113. The number of amides is 3. The SMILES string of the molecule is CC1=NO[C@@]2(CC[C@H](C)N3C[C@H]2n2cc(C(=O)NCc4ccc(F)cc4F)c(=O)c(OCCC(=O)CC(C)(C)c4c(CC(=O)N[C@@H](CC(=O)O)C(=O)O)cc(C)cc4OP(=O)(O)O)c2C3=O)C1. The second-order valence-corrected chi connectivity index (χ2v) is 18.9. The maximum atomic E-state index is 14.5. The lowest BCUT2D eigenvalue weighted by Gasteiger charge is -2.42. The number of benzene rings is 2. The first-order valence-electron chi connectivity index (χ1n) is 21.1. The van der Waals surface area contributed by atoms with Gasteiger partial charge in [0.15, 0.2) is 17.0 Å². The van der Waals surface area contributed by atoms with Crippen LogP contribution >= 0.6 is 7.82 Å². The Kier molecular flexibility index (Phi) is 14.4. The van der Waals surface area contributed by atoms with E-state index < -0.39 is 139 Å². The maximum Gasteiger partial charge on any atom is 0.524 e. The molecule has 1 saturated heterocycles. The molecule has 1 aromatic heterocycles. The third-order valence-electron chi connectivity index (χ3n) is 12.0. The predicted octanol–water partition coefficient (Wildman–Crippen LogP) is 3.84. The van der Waals surface area contributed by atoms with E-state index in [-0.39, 0.29) is 35.0 Å². The van der Waals surface area contributed by atoms with Gasteiger partial charge < -0.3 is 44.4 Å². The Hall–Kier alpha value is -6.51. The van der Waals surface area contributed by atoms with Gasteiger partial charge in [0.05, 0.1) is 31.2 Å². The van der Waals surface area contributed by atoms with Crippen molar-refractivity contribution in [3.05, 3.63) is 91.9 Å². The number of rotatable bonds is 18. The molecule has 3 aromatic rings. The molecule has 0 saturated carbocycles. The highest BCUT2D eigenvalue weighted by molar-refractivity contribution is 7.46. The van der Waals surface area contributed by atoms with Crippen molar-refractivity contribution in [1.29, 1.82) is 0 Å². The highest BCUT2D eigenvalue weighted by Crippen LogP contribution is 2.47. The molecule has 67 heavy (non-hydrogen) atoms. The molecule has 1 fully saturated rings. The molecule has 1 spiro atoms. The van der Waals surface area contributed by atoms with Crippen LogP contribution in [0.4, 0.5) is 8.78 Å². The number of aliphatic carboxylic acids is 2. The van der Waals surface area contributed by atoms with E-state index in [0.29, 0.717) is 36.6 Å². The minimum Gasteiger partial charge on any atom is -0.487 e. The van der Waals surface area contributed by atoms with E-state index in [9.17, 15) is 61.8 Å². The van der Waals surface area contributed by atoms with E-state index in [2.05, 4.69) is 15.8 Å². The van der Waals surface area contributed by atoms with Crippen LogP contribution in [-0.4, -0.2) is 101 Å². The van der Waals surface area contributed by atoms with Crippen molar-refractivity contribution < 1.29 is 76.2 Å². The number of aromatic nitrogens is 1. The number of Topliss-reactive ketones (excluding diaryl/α,β-unsaturated/α-hetero) is 1. The number of phosphoric acid groups is 1. The van der Waals surface area contributed by atoms with Crippen LogP contribution in [0.3, 0.4) is 0 Å². The number of phosphoric ester groups is 1. The molecule has 360 valence electrons. The molecular formula is C44H50F2N5O15P. The molecule has 6 N–H and O–H groups in total. The van der Waals surface area contributed by atoms with Gasteiger partial charge in [0.2, 0.25) is 11.3 Å². The molecule has 2 bridgehead atoms. The zero-order valence-corrected chi connectivity index (χ0v) is 38.0. The molecule has 4 heterocycles. The second-order valence-electron chi connectivity index (χ2n) is 17.7. The number of nitrogens with one attached hydrogen (secondary N) is 2. The van der Waals surface area contributed by atoms with Gasteiger partial charge in [-0.1, -0.05) is 31.1 Å². The smallest absolute Gasteiger partial charge is 0.487 e. The number of carbonyl (C=O) groups excluding carboxylic acids is 4. The fourth-order valence-corrected chi connectivity index (χ4v) is 9.41. The van der Waals surface area contributed by atoms with Crippen LogP contribution < -0.4 is 25.3 Å². The Balaban J connectivity index is 1.32. The van der Waals surface area contributed by atoms with Gasteiger partial charge in [0.1, 0.15) is 34.8 Å². The zero-order valence-electron chi connectivity index (χ0n) is 37.1. The summed E-state index contributed by atoms with van der Waals surface area (Å²) in [5, 5.41) is 27.4. The standard InChI is InChI=1S/C44H50F2N5O15P/c1-22-12-26(14-34(53)48-31(42(59)60)16-35(54)55)36(32(13-22)65-67(61,62)63)43(4,5)18-28(52)9-11-64-39-37-41(58)50-21-33(44(10-8-24(50)3)17-23(2)49-66-44)51(37)20-29(38(39)56)40(57)47-19-25-6-7-27(45)15-30(25)46/h6-7,12-13,15,20,24,31,33H,8-11,14,16-19,21H2,1-5H3,(H,47,57)(H,48,53)(H,54,55)(H,59,60)(H2,61,62,63)/t24-,31-,33+,44-/m0/s1. The lowest BCUT2D eigenvalue weighted by molar-refractivity contribution is -0.147. The van der Waals surface area contributed by atoms with Crippen LogP contribution in [0.1, 0.15) is 115 Å². The summed E-state index contributed by atoms with van der Waals surface area (Å²) in [5.74, 6) is -8.94. The summed E-state index contributed by atoms with van der Waals surface area (Å²) in [6.45, 7) is 7.32. The molecule has 3 aliphatic heterocycles. The van der Waals surface area contributed by atoms with Crippen molar-refractivity contribution in [2.45, 2.75) is 115 Å². The first-order valence-corrected chi connectivity index (χ1v) is 22.6. The summed E-state index contributed by atoms with van der Waals surface area (Å²) in [4.78, 5) is 120. The summed E-state index contributed by atoms with van der Waals surface area (Å²) in [7, 11) is -5.26. The molecule has 3 amide bonds. The number of fused-ring (bicyclic) bond motifs is 5. The number of pyridine rings is 1. The molecule has 2 aromatic carbocycles. The van der Waals surface area contributed by atoms with E-state index in [1.54, 1.807) is 11.8 Å². The van der Waals surface area contributed by atoms with E-state index in [1.807, 2.05) is 6.92 Å². The van der Waals surface area contributed by atoms with Gasteiger partial charge in [0.25, 0.3) is 11.8 Å². The second kappa shape index (κ2) is 19.4. The van der Waals surface area contributed by atoms with Gasteiger partial charge in [0, 0.05) is 67.2 Å². The van der Waals surface area contributed by atoms with Gasteiger partial charge in [-0.3, -0.25) is 38.6 Å². The van der Waals surface area contributed by atoms with Crippen molar-refractivity contribution in [1.82, 2.24) is 20.1 Å². The fraction of sp³-hybridized carbons (Fsp3) is 0.455. The number of aryl methyl sites for hydroxylation is 1. The predicted molar refractivity (Wildman–Crippen MR) is 231 cm³/mol. The number of hydrogen-bond acceptors (Lipinski definition) is 12. The van der Waals surface area contributed by atoms with Gasteiger partial charge in [-0.05, 0) is 56.9 Å². The first kappa shape index (κ1) is 49.9. The Bertz CT molecular complexity index is 2680. The quantitative estimate of drug-likeness (QED) is 0.0988. The van der Waals surface area contributed by atoms with Crippen LogP contribution in [0, 0.1) is 18.6 Å². The summed E-state index contributed by atoms with van der Waals surface area (Å²) >= 11 is 0. The van der Waals surface area contributed by atoms with Crippen molar-refractivity contribution in [3.8, 4) is 11.5 Å². The summed E-state index contributed by atoms with van der Waals surface area (Å²) in [5.41, 5.74) is -3.11. The number of oxime groups is 1. The van der Waals surface area contributed by atoms with Crippen LogP contribution in [0.2, 0.25) is 0 Å². The number of ketones is 1. The monoisotopic (exact) mass is 957 g/mol. The van der Waals surface area contributed by atoms with Crippen LogP contribution in [0.15, 0.2) is 46.5 Å².